The lowest BCUT2D eigenvalue weighted by molar-refractivity contribution is 0.0619. The lowest BCUT2D eigenvalue weighted by Gasteiger charge is -2.37. The SMILES string of the molecule is CN(C(=O)c1cccc(-n2cccn2)c1)[C@@H]1CCCN(CCc2ccccc2)C1. The predicted octanol–water partition coefficient (Wildman–Crippen LogP) is 3.65. The van der Waals surface area contributed by atoms with Crippen molar-refractivity contribution in [1.29, 1.82) is 0 Å². The van der Waals surface area contributed by atoms with Crippen LogP contribution in [0, 0.1) is 0 Å². The van der Waals surface area contributed by atoms with E-state index in [4.69, 9.17) is 0 Å². The third-order valence-electron chi connectivity index (χ3n) is 5.77. The molecule has 0 unspecified atom stereocenters. The molecule has 29 heavy (non-hydrogen) atoms. The molecule has 5 heteroatoms. The largest absolute Gasteiger partial charge is 0.337 e. The summed E-state index contributed by atoms with van der Waals surface area (Å²) in [6.45, 7) is 3.09. The maximum atomic E-state index is 13.1. The van der Waals surface area contributed by atoms with Gasteiger partial charge in [0.25, 0.3) is 5.91 Å². The van der Waals surface area contributed by atoms with E-state index in [0.717, 1.165) is 44.6 Å². The highest BCUT2D eigenvalue weighted by molar-refractivity contribution is 5.94. The van der Waals surface area contributed by atoms with Crippen LogP contribution in [0.3, 0.4) is 0 Å². The van der Waals surface area contributed by atoms with Crippen LogP contribution in [0.4, 0.5) is 0 Å². The van der Waals surface area contributed by atoms with Gasteiger partial charge in [-0.1, -0.05) is 36.4 Å². The first-order chi connectivity index (χ1) is 14.2. The molecule has 2 aromatic carbocycles. The van der Waals surface area contributed by atoms with E-state index in [1.54, 1.807) is 10.9 Å². The van der Waals surface area contributed by atoms with Crippen LogP contribution >= 0.6 is 0 Å². The van der Waals surface area contributed by atoms with Crippen LogP contribution in [0.2, 0.25) is 0 Å². The third-order valence-corrected chi connectivity index (χ3v) is 5.77. The van der Waals surface area contributed by atoms with Crippen molar-refractivity contribution in [3.63, 3.8) is 0 Å². The van der Waals surface area contributed by atoms with Gasteiger partial charge in [-0.3, -0.25) is 4.79 Å². The third kappa shape index (κ3) is 4.74. The molecule has 0 N–H and O–H groups in total. The first kappa shape index (κ1) is 19.4. The Balaban J connectivity index is 1.39. The molecular formula is C24H28N4O. The molecular weight excluding hydrogens is 360 g/mol. The maximum absolute atomic E-state index is 13.1. The van der Waals surface area contributed by atoms with Crippen LogP contribution in [0.25, 0.3) is 5.69 Å². The molecule has 0 saturated carbocycles. The predicted molar refractivity (Wildman–Crippen MR) is 115 cm³/mol. The Bertz CT molecular complexity index is 923. The first-order valence-electron chi connectivity index (χ1n) is 10.3. The van der Waals surface area contributed by atoms with Crippen molar-refractivity contribution in [2.75, 3.05) is 26.7 Å². The number of benzene rings is 2. The highest BCUT2D eigenvalue weighted by atomic mass is 16.2. The number of likely N-dealkylation sites (N-methyl/N-ethyl adjacent to an activating group) is 1. The number of carbonyl (C=O) groups is 1. The molecule has 1 fully saturated rings. The second-order valence-corrected chi connectivity index (χ2v) is 7.75. The zero-order valence-corrected chi connectivity index (χ0v) is 16.9. The number of aromatic nitrogens is 2. The van der Waals surface area contributed by atoms with Gasteiger partial charge in [-0.15, -0.1) is 0 Å². The summed E-state index contributed by atoms with van der Waals surface area (Å²) in [5, 5.41) is 4.26. The minimum atomic E-state index is 0.0777. The van der Waals surface area contributed by atoms with Crippen LogP contribution in [-0.4, -0.2) is 58.2 Å². The summed E-state index contributed by atoms with van der Waals surface area (Å²) in [4.78, 5) is 17.5. The maximum Gasteiger partial charge on any atom is 0.253 e. The number of amides is 1. The fourth-order valence-electron chi connectivity index (χ4n) is 4.05. The van der Waals surface area contributed by atoms with E-state index in [1.165, 1.54) is 5.56 Å². The smallest absolute Gasteiger partial charge is 0.253 e. The number of piperidine rings is 1. The molecule has 0 bridgehead atoms. The standard InChI is InChI=1S/C24H28N4O/c1-26(24(29)21-10-5-11-22(18-21)28-16-7-14-25-28)23-12-6-15-27(19-23)17-13-20-8-3-2-4-9-20/h2-5,7-11,14,16,18,23H,6,12-13,15,17,19H2,1H3/t23-/m1/s1. The van der Waals surface area contributed by atoms with E-state index in [0.29, 0.717) is 5.56 Å². The zero-order valence-electron chi connectivity index (χ0n) is 16.9. The Hall–Kier alpha value is -2.92. The molecule has 0 aliphatic carbocycles. The quantitative estimate of drug-likeness (QED) is 0.647. The minimum Gasteiger partial charge on any atom is -0.337 e. The molecule has 150 valence electrons. The molecule has 5 nitrogen and oxygen atoms in total. The number of likely N-dealkylation sites (tertiary alicyclic amines) is 1. The van der Waals surface area contributed by atoms with Gasteiger partial charge in [0.2, 0.25) is 0 Å². The summed E-state index contributed by atoms with van der Waals surface area (Å²) < 4.78 is 1.78. The monoisotopic (exact) mass is 388 g/mol. The van der Waals surface area contributed by atoms with E-state index in [1.807, 2.05) is 48.5 Å². The van der Waals surface area contributed by atoms with Crippen LogP contribution < -0.4 is 0 Å². The molecule has 1 aliphatic rings. The highest BCUT2D eigenvalue weighted by Crippen LogP contribution is 2.19. The Morgan fingerprint density at radius 3 is 2.79 bits per heavy atom. The van der Waals surface area contributed by atoms with E-state index < -0.39 is 0 Å². The van der Waals surface area contributed by atoms with Gasteiger partial charge in [0.05, 0.1) is 5.69 Å². The second-order valence-electron chi connectivity index (χ2n) is 7.75. The number of nitrogens with zero attached hydrogens (tertiary/aromatic N) is 4. The molecule has 1 aliphatic heterocycles. The van der Waals surface area contributed by atoms with E-state index >= 15 is 0 Å². The van der Waals surface area contributed by atoms with Crippen LogP contribution in [0.1, 0.15) is 28.8 Å². The van der Waals surface area contributed by atoms with Gasteiger partial charge in [0, 0.05) is 44.1 Å². The average Bonchev–Trinajstić information content (AvgIpc) is 3.33. The fourth-order valence-corrected chi connectivity index (χ4v) is 4.05. The minimum absolute atomic E-state index is 0.0777. The summed E-state index contributed by atoms with van der Waals surface area (Å²) in [5.41, 5.74) is 2.98. The topological polar surface area (TPSA) is 41.4 Å². The Morgan fingerprint density at radius 2 is 2.00 bits per heavy atom. The zero-order chi connectivity index (χ0) is 20.1. The molecule has 3 aromatic rings. The summed E-state index contributed by atoms with van der Waals surface area (Å²) in [7, 11) is 1.94. The van der Waals surface area contributed by atoms with Crippen molar-refractivity contribution in [3.8, 4) is 5.69 Å². The van der Waals surface area contributed by atoms with Crippen LogP contribution in [0.5, 0.6) is 0 Å². The molecule has 1 amide bonds. The normalized spacial score (nSPS) is 17.2. The molecule has 2 heterocycles. The Morgan fingerprint density at radius 1 is 1.14 bits per heavy atom. The van der Waals surface area contributed by atoms with Gasteiger partial charge >= 0.3 is 0 Å². The molecule has 1 saturated heterocycles. The van der Waals surface area contributed by atoms with Crippen molar-refractivity contribution < 1.29 is 4.79 Å². The Kier molecular flexibility index (Phi) is 6.06. The number of rotatable bonds is 6. The van der Waals surface area contributed by atoms with E-state index in [-0.39, 0.29) is 11.9 Å². The number of carbonyl (C=O) groups excluding carboxylic acids is 1. The summed E-state index contributed by atoms with van der Waals surface area (Å²) in [6.07, 6.45) is 6.87. The van der Waals surface area contributed by atoms with Crippen molar-refractivity contribution in [2.45, 2.75) is 25.3 Å². The molecule has 1 atom stereocenters. The van der Waals surface area contributed by atoms with Crippen LogP contribution in [0.15, 0.2) is 73.1 Å². The van der Waals surface area contributed by atoms with Gasteiger partial charge < -0.3 is 9.80 Å². The second kappa shape index (κ2) is 9.05. The van der Waals surface area contributed by atoms with Crippen molar-refractivity contribution >= 4 is 5.91 Å². The molecule has 0 radical (unpaired) electrons. The van der Waals surface area contributed by atoms with Gasteiger partial charge in [-0.2, -0.15) is 5.10 Å². The average molecular weight is 389 g/mol. The Labute approximate surface area is 172 Å². The number of hydrogen-bond acceptors (Lipinski definition) is 3. The molecule has 0 spiro atoms. The van der Waals surface area contributed by atoms with Crippen molar-refractivity contribution in [1.82, 2.24) is 19.6 Å². The van der Waals surface area contributed by atoms with Gasteiger partial charge in [-0.25, -0.2) is 4.68 Å². The lowest BCUT2D eigenvalue weighted by Crippen LogP contribution is -2.49. The van der Waals surface area contributed by atoms with Gasteiger partial charge in [-0.05, 0) is 55.6 Å². The van der Waals surface area contributed by atoms with Gasteiger partial charge in [0.15, 0.2) is 0 Å². The molecule has 1 aromatic heterocycles. The first-order valence-corrected chi connectivity index (χ1v) is 10.3. The highest BCUT2D eigenvalue weighted by Gasteiger charge is 2.26. The lowest BCUT2D eigenvalue weighted by atomic mass is 10.0. The van der Waals surface area contributed by atoms with Crippen molar-refractivity contribution in [2.24, 2.45) is 0 Å². The van der Waals surface area contributed by atoms with Gasteiger partial charge in [0.1, 0.15) is 0 Å². The summed E-state index contributed by atoms with van der Waals surface area (Å²) >= 11 is 0. The van der Waals surface area contributed by atoms with Crippen molar-refractivity contribution in [3.05, 3.63) is 84.2 Å². The van der Waals surface area contributed by atoms with Crippen LogP contribution in [-0.2, 0) is 6.42 Å². The summed E-state index contributed by atoms with van der Waals surface area (Å²) in [5.74, 6) is 0.0777. The molecule has 4 rings (SSSR count). The fraction of sp³-hybridized carbons (Fsp3) is 0.333. The number of hydrogen-bond donors (Lipinski definition) is 0. The summed E-state index contributed by atoms with van der Waals surface area (Å²) in [6, 6.07) is 20.4. The van der Waals surface area contributed by atoms with E-state index in [2.05, 4.69) is 40.3 Å². The van der Waals surface area contributed by atoms with E-state index in [9.17, 15) is 4.79 Å².